The second-order valence-electron chi connectivity index (χ2n) is 7.42. The fraction of sp³-hybridized carbons (Fsp3) is 0.240. The Kier molecular flexibility index (Phi) is 9.59. The number of benzene rings is 3. The summed E-state index contributed by atoms with van der Waals surface area (Å²) in [5, 5.41) is 3.37. The van der Waals surface area contributed by atoms with Gasteiger partial charge in [0.1, 0.15) is 12.4 Å². The predicted octanol–water partition coefficient (Wildman–Crippen LogP) is 4.69. The molecule has 0 bridgehead atoms. The molecule has 0 spiro atoms. The fourth-order valence-electron chi connectivity index (χ4n) is 2.99. The van der Waals surface area contributed by atoms with Crippen LogP contribution in [0.3, 0.4) is 0 Å². The average molecular weight is 456 g/mol. The number of Topliss-reactive ketones (excluding diaryl/α,β-unsaturated/α-hetero) is 1. The van der Waals surface area contributed by atoms with Crippen LogP contribution >= 0.6 is 0 Å². The van der Waals surface area contributed by atoms with Gasteiger partial charge in [0.2, 0.25) is 0 Å². The Morgan fingerprint density at radius 3 is 1.94 bits per heavy atom. The molecule has 6 nitrogen and oxygen atoms in total. The van der Waals surface area contributed by atoms with Crippen molar-refractivity contribution in [1.82, 2.24) is 5.32 Å². The average Bonchev–Trinajstić information content (AvgIpc) is 2.77. The Hall–Kier alpha value is -3.00. The molecular formula is C25H29NO5S. The lowest BCUT2D eigenvalue weighted by Crippen LogP contribution is -2.35. The van der Waals surface area contributed by atoms with Crippen LogP contribution in [0.15, 0.2) is 84.9 Å². The summed E-state index contributed by atoms with van der Waals surface area (Å²) in [5.41, 5.74) is 2.97. The minimum atomic E-state index is -3.67. The van der Waals surface area contributed by atoms with E-state index in [1.165, 1.54) is 5.56 Å². The van der Waals surface area contributed by atoms with Crippen molar-refractivity contribution >= 4 is 15.9 Å². The zero-order chi connectivity index (χ0) is 23.6. The van der Waals surface area contributed by atoms with Crippen molar-refractivity contribution in [1.29, 1.82) is 0 Å². The van der Waals surface area contributed by atoms with Gasteiger partial charge in [0.15, 0.2) is 5.78 Å². The van der Waals surface area contributed by atoms with Gasteiger partial charge in [-0.15, -0.1) is 0 Å². The molecule has 0 heterocycles. The first-order valence-corrected chi connectivity index (χ1v) is 12.0. The Morgan fingerprint density at radius 1 is 0.906 bits per heavy atom. The topological polar surface area (TPSA) is 92.7 Å². The van der Waals surface area contributed by atoms with Gasteiger partial charge in [-0.05, 0) is 49.2 Å². The molecule has 0 aromatic heterocycles. The quantitative estimate of drug-likeness (QED) is 0.378. The van der Waals surface area contributed by atoms with Crippen LogP contribution in [0.4, 0.5) is 0 Å². The van der Waals surface area contributed by atoms with Crippen LogP contribution in [0.5, 0.6) is 5.75 Å². The van der Waals surface area contributed by atoms with Crippen LogP contribution in [0.1, 0.15) is 41.4 Å². The van der Waals surface area contributed by atoms with Gasteiger partial charge < -0.3 is 10.1 Å². The Balaban J connectivity index is 0.000000654. The van der Waals surface area contributed by atoms with E-state index in [9.17, 15) is 13.2 Å². The minimum Gasteiger partial charge on any atom is -0.489 e. The van der Waals surface area contributed by atoms with Gasteiger partial charge in [0.05, 0.1) is 12.3 Å². The largest absolute Gasteiger partial charge is 0.489 e. The third-order valence-corrected chi connectivity index (χ3v) is 4.58. The van der Waals surface area contributed by atoms with Crippen LogP contribution in [0.2, 0.25) is 0 Å². The lowest BCUT2D eigenvalue weighted by Gasteiger charge is -2.19. The van der Waals surface area contributed by atoms with Gasteiger partial charge in [-0.1, -0.05) is 60.7 Å². The number of ketones is 1. The van der Waals surface area contributed by atoms with E-state index in [-0.39, 0.29) is 17.9 Å². The number of nitrogens with one attached hydrogen (secondary N) is 1. The molecule has 0 aliphatic rings. The number of hydrogen-bond donors (Lipinski definition) is 2. The maximum atomic E-state index is 12.7. The van der Waals surface area contributed by atoms with E-state index in [2.05, 4.69) is 24.4 Å². The number of carbonyl (C=O) groups is 1. The minimum absolute atomic E-state index is 0.0763. The molecule has 0 radical (unpaired) electrons. The highest BCUT2D eigenvalue weighted by molar-refractivity contribution is 7.85. The maximum absolute atomic E-state index is 12.7. The molecule has 170 valence electrons. The molecule has 32 heavy (non-hydrogen) atoms. The summed E-state index contributed by atoms with van der Waals surface area (Å²) in [6.45, 7) is 4.49. The molecule has 2 atom stereocenters. The van der Waals surface area contributed by atoms with Crippen molar-refractivity contribution < 1.29 is 22.5 Å². The summed E-state index contributed by atoms with van der Waals surface area (Å²) in [4.78, 5) is 12.7. The molecule has 0 aliphatic carbocycles. The van der Waals surface area contributed by atoms with E-state index in [1.807, 2.05) is 79.7 Å². The number of ether oxygens (including phenoxy) is 1. The third-order valence-electron chi connectivity index (χ3n) is 4.58. The van der Waals surface area contributed by atoms with Crippen LogP contribution < -0.4 is 10.1 Å². The molecular weight excluding hydrogens is 426 g/mol. The second kappa shape index (κ2) is 12.1. The number of hydrogen-bond acceptors (Lipinski definition) is 5. The lowest BCUT2D eigenvalue weighted by atomic mass is 10.0. The van der Waals surface area contributed by atoms with Crippen molar-refractivity contribution in [3.05, 3.63) is 102 Å². The predicted molar refractivity (Wildman–Crippen MR) is 126 cm³/mol. The van der Waals surface area contributed by atoms with Crippen molar-refractivity contribution in [2.75, 3.05) is 6.26 Å². The highest BCUT2D eigenvalue weighted by Crippen LogP contribution is 2.17. The van der Waals surface area contributed by atoms with Gasteiger partial charge in [0, 0.05) is 11.6 Å². The Bertz CT molecular complexity index is 1060. The first kappa shape index (κ1) is 25.3. The first-order valence-electron chi connectivity index (χ1n) is 10.2. The smallest absolute Gasteiger partial charge is 0.261 e. The van der Waals surface area contributed by atoms with E-state index in [0.717, 1.165) is 11.3 Å². The molecule has 7 heteroatoms. The molecule has 0 aliphatic heterocycles. The van der Waals surface area contributed by atoms with Gasteiger partial charge in [-0.3, -0.25) is 9.35 Å². The summed E-state index contributed by atoms with van der Waals surface area (Å²) in [5.74, 6) is 0.834. The molecule has 3 aromatic carbocycles. The molecule has 0 saturated heterocycles. The zero-order valence-electron chi connectivity index (χ0n) is 18.4. The van der Waals surface area contributed by atoms with Gasteiger partial charge in [-0.2, -0.15) is 8.42 Å². The van der Waals surface area contributed by atoms with Crippen LogP contribution in [-0.2, 0) is 16.7 Å². The van der Waals surface area contributed by atoms with E-state index in [0.29, 0.717) is 18.4 Å². The second-order valence-corrected chi connectivity index (χ2v) is 8.88. The monoisotopic (exact) mass is 455 g/mol. The van der Waals surface area contributed by atoms with Crippen molar-refractivity contribution in [2.24, 2.45) is 0 Å². The Labute approximate surface area is 190 Å². The maximum Gasteiger partial charge on any atom is 0.261 e. The number of carbonyl (C=O) groups excluding carboxylic acids is 1. The van der Waals surface area contributed by atoms with E-state index in [1.54, 1.807) is 0 Å². The Morgan fingerprint density at radius 2 is 1.41 bits per heavy atom. The summed E-state index contributed by atoms with van der Waals surface area (Å²) in [7, 11) is -3.67. The third kappa shape index (κ3) is 9.43. The zero-order valence-corrected chi connectivity index (χ0v) is 19.2. The molecule has 0 saturated carbocycles. The summed E-state index contributed by atoms with van der Waals surface area (Å²) in [6.07, 6.45) is 0.715. The fourth-order valence-corrected chi connectivity index (χ4v) is 2.99. The van der Waals surface area contributed by atoms with Crippen LogP contribution in [-0.4, -0.2) is 31.1 Å². The van der Waals surface area contributed by atoms with Crippen molar-refractivity contribution in [3.63, 3.8) is 0 Å². The van der Waals surface area contributed by atoms with Gasteiger partial charge in [0.25, 0.3) is 10.1 Å². The normalized spacial score (nSPS) is 12.8. The first-order chi connectivity index (χ1) is 15.1. The standard InChI is InChI=1S/C24H25NO2.CH4O3S/c1-18(21-11-7-4-8-12-21)25-19(2)24(26)22-13-15-23(16-14-22)27-17-20-9-5-3-6-10-20;1-5(2,3)4/h3-16,18-19,25H,17H2,1-2H3;1H3,(H,2,3,4)/t18-,19+;/m0./s1. The highest BCUT2D eigenvalue weighted by atomic mass is 32.2. The molecule has 0 fully saturated rings. The van der Waals surface area contributed by atoms with Crippen molar-refractivity contribution in [3.8, 4) is 5.75 Å². The molecule has 0 unspecified atom stereocenters. The van der Waals surface area contributed by atoms with E-state index < -0.39 is 10.1 Å². The van der Waals surface area contributed by atoms with Crippen LogP contribution in [0, 0.1) is 0 Å². The van der Waals surface area contributed by atoms with Gasteiger partial charge >= 0.3 is 0 Å². The molecule has 0 amide bonds. The SMILES string of the molecule is CS(=O)(=O)O.C[C@H](N[C@H](C)C(=O)c1ccc(OCc2ccccc2)cc1)c1ccccc1. The van der Waals surface area contributed by atoms with Gasteiger partial charge in [-0.25, -0.2) is 0 Å². The lowest BCUT2D eigenvalue weighted by molar-refractivity contribution is 0.0945. The van der Waals surface area contributed by atoms with Crippen molar-refractivity contribution in [2.45, 2.75) is 32.5 Å². The van der Waals surface area contributed by atoms with E-state index >= 15 is 0 Å². The number of rotatable bonds is 8. The summed E-state index contributed by atoms with van der Waals surface area (Å²) >= 11 is 0. The summed E-state index contributed by atoms with van der Waals surface area (Å²) < 4.78 is 31.7. The molecule has 2 N–H and O–H groups in total. The van der Waals surface area contributed by atoms with Crippen LogP contribution in [0.25, 0.3) is 0 Å². The summed E-state index contributed by atoms with van der Waals surface area (Å²) in [6, 6.07) is 27.4. The highest BCUT2D eigenvalue weighted by Gasteiger charge is 2.17. The molecule has 3 rings (SSSR count). The van der Waals surface area contributed by atoms with E-state index in [4.69, 9.17) is 9.29 Å². The molecule has 3 aromatic rings.